The lowest BCUT2D eigenvalue weighted by molar-refractivity contribution is 0.285. The van der Waals surface area contributed by atoms with Crippen LogP contribution in [0.15, 0.2) is 27.9 Å². The van der Waals surface area contributed by atoms with E-state index in [-0.39, 0.29) is 6.61 Å². The molecular weight excluding hydrogens is 330 g/mol. The Morgan fingerprint density at radius 2 is 2.00 bits per heavy atom. The number of anilines is 1. The molecule has 0 radical (unpaired) electrons. The lowest BCUT2D eigenvalue weighted by atomic mass is 10.4. The lowest BCUT2D eigenvalue weighted by Crippen LogP contribution is -2.48. The number of rotatable bonds is 4. The standard InChI is InChI=1S/C12H15N3O3S3/c16-9-10-1-2-11(20-10)21(17,18)15-6-4-14(5-7-15)12-13-3-8-19-12/h1-3,8,16H,4-7,9H2. The predicted molar refractivity (Wildman–Crippen MR) is 83.3 cm³/mol. The largest absolute Gasteiger partial charge is 0.391 e. The van der Waals surface area contributed by atoms with Gasteiger partial charge in [-0.15, -0.1) is 22.7 Å². The second kappa shape index (κ2) is 6.01. The second-order valence-electron chi connectivity index (χ2n) is 4.58. The summed E-state index contributed by atoms with van der Waals surface area (Å²) < 4.78 is 26.9. The molecule has 0 saturated carbocycles. The highest BCUT2D eigenvalue weighted by Crippen LogP contribution is 2.27. The van der Waals surface area contributed by atoms with Crippen LogP contribution in [0.25, 0.3) is 0 Å². The van der Waals surface area contributed by atoms with Gasteiger partial charge in [0.25, 0.3) is 10.0 Å². The molecule has 1 N–H and O–H groups in total. The van der Waals surface area contributed by atoms with Crippen LogP contribution in [0, 0.1) is 0 Å². The first-order valence-corrected chi connectivity index (χ1v) is 9.59. The van der Waals surface area contributed by atoms with Crippen molar-refractivity contribution in [2.75, 3.05) is 31.1 Å². The van der Waals surface area contributed by atoms with Gasteiger partial charge < -0.3 is 10.0 Å². The molecular formula is C12H15N3O3S3. The average molecular weight is 345 g/mol. The van der Waals surface area contributed by atoms with E-state index in [1.54, 1.807) is 29.7 Å². The van der Waals surface area contributed by atoms with Gasteiger partial charge in [-0.25, -0.2) is 13.4 Å². The zero-order valence-electron chi connectivity index (χ0n) is 11.2. The van der Waals surface area contributed by atoms with E-state index in [2.05, 4.69) is 9.88 Å². The average Bonchev–Trinajstić information content (AvgIpc) is 3.19. The highest BCUT2D eigenvalue weighted by molar-refractivity contribution is 7.91. The molecule has 21 heavy (non-hydrogen) atoms. The number of thiazole rings is 1. The van der Waals surface area contributed by atoms with Crippen molar-refractivity contribution < 1.29 is 13.5 Å². The second-order valence-corrected chi connectivity index (χ2v) is 8.79. The van der Waals surface area contributed by atoms with Gasteiger partial charge in [0.1, 0.15) is 4.21 Å². The molecule has 0 bridgehead atoms. The zero-order valence-corrected chi connectivity index (χ0v) is 13.6. The maximum Gasteiger partial charge on any atom is 0.252 e. The van der Waals surface area contributed by atoms with Gasteiger partial charge in [-0.05, 0) is 12.1 Å². The third-order valence-corrected chi connectivity index (χ3v) is 7.58. The summed E-state index contributed by atoms with van der Waals surface area (Å²) in [5, 5.41) is 11.9. The van der Waals surface area contributed by atoms with E-state index in [4.69, 9.17) is 5.11 Å². The first-order chi connectivity index (χ1) is 10.1. The van der Waals surface area contributed by atoms with Crippen LogP contribution < -0.4 is 4.90 Å². The van der Waals surface area contributed by atoms with Crippen molar-refractivity contribution in [3.8, 4) is 0 Å². The molecule has 6 nitrogen and oxygen atoms in total. The molecule has 1 fully saturated rings. The van der Waals surface area contributed by atoms with E-state index in [0.717, 1.165) is 16.5 Å². The third kappa shape index (κ3) is 2.97. The molecule has 114 valence electrons. The van der Waals surface area contributed by atoms with E-state index in [1.165, 1.54) is 4.31 Å². The van der Waals surface area contributed by atoms with Gasteiger partial charge in [-0.3, -0.25) is 0 Å². The first-order valence-electron chi connectivity index (χ1n) is 6.45. The Bertz CT molecular complexity index is 688. The van der Waals surface area contributed by atoms with Gasteiger partial charge in [0.2, 0.25) is 0 Å². The van der Waals surface area contributed by atoms with Gasteiger partial charge in [-0.2, -0.15) is 4.31 Å². The van der Waals surface area contributed by atoms with Crippen LogP contribution in [0.3, 0.4) is 0 Å². The van der Waals surface area contributed by atoms with Gasteiger partial charge in [-0.1, -0.05) is 0 Å². The van der Waals surface area contributed by atoms with Crippen molar-refractivity contribution in [2.45, 2.75) is 10.8 Å². The summed E-state index contributed by atoms with van der Waals surface area (Å²) >= 11 is 2.69. The molecule has 3 heterocycles. The number of thiophene rings is 1. The number of aliphatic hydroxyl groups is 1. The molecule has 2 aromatic heterocycles. The Hall–Kier alpha value is -1.00. The van der Waals surface area contributed by atoms with E-state index in [9.17, 15) is 8.42 Å². The number of nitrogens with zero attached hydrogens (tertiary/aromatic N) is 3. The Balaban J connectivity index is 1.71. The monoisotopic (exact) mass is 345 g/mol. The van der Waals surface area contributed by atoms with Crippen molar-refractivity contribution in [1.82, 2.24) is 9.29 Å². The van der Waals surface area contributed by atoms with Crippen LogP contribution in [0.4, 0.5) is 5.13 Å². The molecule has 1 saturated heterocycles. The van der Waals surface area contributed by atoms with Crippen molar-refractivity contribution in [1.29, 1.82) is 0 Å². The summed E-state index contributed by atoms with van der Waals surface area (Å²) in [7, 11) is -3.45. The highest BCUT2D eigenvalue weighted by atomic mass is 32.2. The van der Waals surface area contributed by atoms with Crippen molar-refractivity contribution in [3.63, 3.8) is 0 Å². The smallest absolute Gasteiger partial charge is 0.252 e. The van der Waals surface area contributed by atoms with E-state index in [1.807, 2.05) is 5.38 Å². The van der Waals surface area contributed by atoms with Crippen LogP contribution >= 0.6 is 22.7 Å². The third-order valence-electron chi connectivity index (χ3n) is 3.32. The van der Waals surface area contributed by atoms with Gasteiger partial charge >= 0.3 is 0 Å². The minimum absolute atomic E-state index is 0.127. The Morgan fingerprint density at radius 3 is 2.57 bits per heavy atom. The quantitative estimate of drug-likeness (QED) is 0.902. The molecule has 0 spiro atoms. The summed E-state index contributed by atoms with van der Waals surface area (Å²) in [6.07, 6.45) is 1.76. The maximum atomic E-state index is 12.5. The number of piperazine rings is 1. The highest BCUT2D eigenvalue weighted by Gasteiger charge is 2.30. The molecule has 1 aliphatic heterocycles. The summed E-state index contributed by atoms with van der Waals surface area (Å²) in [5.74, 6) is 0. The van der Waals surface area contributed by atoms with Gasteiger partial charge in [0.15, 0.2) is 5.13 Å². The van der Waals surface area contributed by atoms with Crippen LogP contribution in [-0.2, 0) is 16.6 Å². The van der Waals surface area contributed by atoms with Crippen LogP contribution in [0.2, 0.25) is 0 Å². The molecule has 3 rings (SSSR count). The molecule has 9 heteroatoms. The van der Waals surface area contributed by atoms with Crippen LogP contribution in [0.1, 0.15) is 4.88 Å². The van der Waals surface area contributed by atoms with Crippen molar-refractivity contribution in [3.05, 3.63) is 28.6 Å². The molecule has 0 amide bonds. The number of aromatic nitrogens is 1. The van der Waals surface area contributed by atoms with E-state index < -0.39 is 10.0 Å². The molecule has 0 atom stereocenters. The predicted octanol–water partition coefficient (Wildman–Crippen LogP) is 1.21. The fourth-order valence-electron chi connectivity index (χ4n) is 2.20. The van der Waals surface area contributed by atoms with E-state index >= 15 is 0 Å². The number of hydrogen-bond donors (Lipinski definition) is 1. The molecule has 0 aromatic carbocycles. The summed E-state index contributed by atoms with van der Waals surface area (Å²) in [6.45, 7) is 2.07. The summed E-state index contributed by atoms with van der Waals surface area (Å²) in [5.41, 5.74) is 0. The van der Waals surface area contributed by atoms with Crippen LogP contribution in [0.5, 0.6) is 0 Å². The minimum Gasteiger partial charge on any atom is -0.391 e. The topological polar surface area (TPSA) is 73.7 Å². The number of sulfonamides is 1. The lowest BCUT2D eigenvalue weighted by Gasteiger charge is -2.33. The minimum atomic E-state index is -3.45. The van der Waals surface area contributed by atoms with E-state index in [0.29, 0.717) is 35.3 Å². The number of hydrogen-bond acceptors (Lipinski definition) is 7. The Morgan fingerprint density at radius 1 is 1.24 bits per heavy atom. The number of aliphatic hydroxyl groups excluding tert-OH is 1. The van der Waals surface area contributed by atoms with Gasteiger partial charge in [0.05, 0.1) is 6.61 Å². The van der Waals surface area contributed by atoms with Crippen molar-refractivity contribution in [2.24, 2.45) is 0 Å². The first kappa shape index (κ1) is 14.9. The fraction of sp³-hybridized carbons (Fsp3) is 0.417. The zero-order chi connectivity index (χ0) is 14.9. The maximum absolute atomic E-state index is 12.5. The summed E-state index contributed by atoms with van der Waals surface area (Å²) in [6, 6.07) is 3.22. The molecule has 0 unspecified atom stereocenters. The summed E-state index contributed by atoms with van der Waals surface area (Å²) in [4.78, 5) is 7.01. The van der Waals surface area contributed by atoms with Crippen molar-refractivity contribution >= 4 is 37.8 Å². The SMILES string of the molecule is O=S(=O)(c1ccc(CO)s1)N1CCN(c2nccs2)CC1. The van der Waals surface area contributed by atoms with Gasteiger partial charge in [0, 0.05) is 42.6 Å². The molecule has 0 aliphatic carbocycles. The molecule has 2 aromatic rings. The normalized spacial score (nSPS) is 17.3. The fourth-order valence-corrected chi connectivity index (χ4v) is 5.69. The molecule has 1 aliphatic rings. The Labute approximate surface area is 131 Å². The Kier molecular flexibility index (Phi) is 4.27. The van der Waals surface area contributed by atoms with Crippen LogP contribution in [-0.4, -0.2) is 49.0 Å².